The minimum atomic E-state index is -0.361. The van der Waals surface area contributed by atoms with E-state index in [9.17, 15) is 4.79 Å². The van der Waals surface area contributed by atoms with E-state index in [0.29, 0.717) is 28.9 Å². The van der Waals surface area contributed by atoms with Crippen LogP contribution in [0.4, 0.5) is 0 Å². The molecule has 5 rings (SSSR count). The summed E-state index contributed by atoms with van der Waals surface area (Å²) in [5, 5.41) is 10.6. The molecule has 0 saturated heterocycles. The summed E-state index contributed by atoms with van der Waals surface area (Å²) in [6.45, 7) is 6.63. The largest absolute Gasteiger partial charge is 0.494 e. The molecular weight excluding hydrogens is 460 g/mol. The van der Waals surface area contributed by atoms with Crippen molar-refractivity contribution in [3.63, 3.8) is 0 Å². The molecule has 5 aromatic rings. The number of pyridine rings is 1. The Morgan fingerprint density at radius 2 is 1.83 bits per heavy atom. The highest BCUT2D eigenvalue weighted by Gasteiger charge is 2.18. The van der Waals surface area contributed by atoms with Gasteiger partial charge in [-0.15, -0.1) is 10.2 Å². The Morgan fingerprint density at radius 1 is 1.03 bits per heavy atom. The number of hydrogen-bond donors (Lipinski definition) is 0. The number of thioether (sulfide) groups is 1. The standard InChI is InChI=1S/C27H24N4O3S/c1-4-33-22-9-7-21(8-10-22)31-26(19-6-5-11-28-15-19)29-30-27(31)35-16-20-14-25(32)34-24-13-18(3)17(2)12-23(20)24/h5-15H,4,16H2,1-3H3. The first kappa shape index (κ1) is 22.9. The summed E-state index contributed by atoms with van der Waals surface area (Å²) in [6.07, 6.45) is 3.50. The van der Waals surface area contributed by atoms with Crippen molar-refractivity contribution in [3.05, 3.63) is 94.1 Å². The number of hydrogen-bond acceptors (Lipinski definition) is 7. The van der Waals surface area contributed by atoms with Crippen LogP contribution in [0.15, 0.2) is 81.4 Å². The van der Waals surface area contributed by atoms with Crippen molar-refractivity contribution in [2.24, 2.45) is 0 Å². The molecular formula is C27H24N4O3S. The molecule has 0 unspecified atom stereocenters. The zero-order valence-electron chi connectivity index (χ0n) is 19.7. The molecule has 0 N–H and O–H groups in total. The van der Waals surface area contributed by atoms with E-state index in [2.05, 4.69) is 28.2 Å². The van der Waals surface area contributed by atoms with Gasteiger partial charge in [0.2, 0.25) is 0 Å². The van der Waals surface area contributed by atoms with Gasteiger partial charge in [-0.05, 0) is 86.0 Å². The molecule has 0 radical (unpaired) electrons. The van der Waals surface area contributed by atoms with Gasteiger partial charge in [-0.1, -0.05) is 11.8 Å². The summed E-state index contributed by atoms with van der Waals surface area (Å²) in [6, 6.07) is 17.2. The van der Waals surface area contributed by atoms with E-state index in [0.717, 1.165) is 39.1 Å². The maximum atomic E-state index is 12.2. The number of aromatic nitrogens is 4. The lowest BCUT2D eigenvalue weighted by molar-refractivity contribution is 0.340. The van der Waals surface area contributed by atoms with Crippen LogP contribution in [-0.2, 0) is 5.75 Å². The summed E-state index contributed by atoms with van der Waals surface area (Å²) < 4.78 is 13.1. The molecule has 35 heavy (non-hydrogen) atoms. The van der Waals surface area contributed by atoms with Gasteiger partial charge in [0.15, 0.2) is 11.0 Å². The van der Waals surface area contributed by atoms with Gasteiger partial charge < -0.3 is 9.15 Å². The van der Waals surface area contributed by atoms with Crippen LogP contribution in [0, 0.1) is 13.8 Å². The molecule has 0 atom stereocenters. The van der Waals surface area contributed by atoms with E-state index >= 15 is 0 Å². The first-order valence-electron chi connectivity index (χ1n) is 11.3. The Balaban J connectivity index is 1.55. The summed E-state index contributed by atoms with van der Waals surface area (Å²) in [5.41, 5.74) is 5.13. The quantitative estimate of drug-likeness (QED) is 0.215. The SMILES string of the molecule is CCOc1ccc(-n2c(SCc3cc(=O)oc4cc(C)c(C)cc34)nnc2-c2cccnc2)cc1. The Bertz CT molecular complexity index is 1540. The van der Waals surface area contributed by atoms with E-state index in [-0.39, 0.29) is 5.63 Å². The normalized spacial score (nSPS) is 11.2. The van der Waals surface area contributed by atoms with Gasteiger partial charge in [0.1, 0.15) is 11.3 Å². The number of nitrogens with zero attached hydrogens (tertiary/aromatic N) is 4. The van der Waals surface area contributed by atoms with E-state index in [1.165, 1.54) is 11.8 Å². The highest BCUT2D eigenvalue weighted by Crippen LogP contribution is 2.32. The molecule has 0 saturated carbocycles. The molecule has 3 aromatic heterocycles. The first-order chi connectivity index (χ1) is 17.0. The zero-order chi connectivity index (χ0) is 24.4. The Morgan fingerprint density at radius 3 is 2.57 bits per heavy atom. The van der Waals surface area contributed by atoms with Crippen LogP contribution in [0.25, 0.3) is 28.0 Å². The molecule has 0 fully saturated rings. The second-order valence-corrected chi connectivity index (χ2v) is 9.06. The Kier molecular flexibility index (Phi) is 6.37. The third-order valence-corrected chi connectivity index (χ3v) is 6.74. The number of fused-ring (bicyclic) bond motifs is 1. The Labute approximate surface area is 206 Å². The van der Waals surface area contributed by atoms with Crippen molar-refractivity contribution >= 4 is 22.7 Å². The van der Waals surface area contributed by atoms with Crippen LogP contribution < -0.4 is 10.4 Å². The van der Waals surface area contributed by atoms with Crippen LogP contribution in [0.1, 0.15) is 23.6 Å². The van der Waals surface area contributed by atoms with Crippen LogP contribution in [0.2, 0.25) is 0 Å². The van der Waals surface area contributed by atoms with Gasteiger partial charge in [0.25, 0.3) is 0 Å². The predicted molar refractivity (Wildman–Crippen MR) is 137 cm³/mol. The summed E-state index contributed by atoms with van der Waals surface area (Å²) in [4.78, 5) is 16.5. The van der Waals surface area contributed by atoms with E-state index < -0.39 is 0 Å². The lowest BCUT2D eigenvalue weighted by Gasteiger charge is -2.12. The third-order valence-electron chi connectivity index (χ3n) is 5.76. The molecule has 2 aromatic carbocycles. The number of aryl methyl sites for hydroxylation is 2. The van der Waals surface area contributed by atoms with Crippen molar-refractivity contribution in [3.8, 4) is 22.8 Å². The van der Waals surface area contributed by atoms with Crippen molar-refractivity contribution in [2.45, 2.75) is 31.7 Å². The average Bonchev–Trinajstić information content (AvgIpc) is 3.29. The minimum Gasteiger partial charge on any atom is -0.494 e. The van der Waals surface area contributed by atoms with E-state index in [4.69, 9.17) is 9.15 Å². The molecule has 8 heteroatoms. The highest BCUT2D eigenvalue weighted by atomic mass is 32.2. The second-order valence-electron chi connectivity index (χ2n) is 8.12. The van der Waals surface area contributed by atoms with Gasteiger partial charge in [0.05, 0.1) is 6.61 Å². The predicted octanol–water partition coefficient (Wildman–Crippen LogP) is 5.74. The van der Waals surface area contributed by atoms with Crippen molar-refractivity contribution in [2.75, 3.05) is 6.61 Å². The summed E-state index contributed by atoms with van der Waals surface area (Å²) in [7, 11) is 0. The van der Waals surface area contributed by atoms with Crippen LogP contribution in [0.5, 0.6) is 5.75 Å². The van der Waals surface area contributed by atoms with Crippen molar-refractivity contribution in [1.82, 2.24) is 19.7 Å². The maximum absolute atomic E-state index is 12.2. The maximum Gasteiger partial charge on any atom is 0.336 e. The molecule has 0 amide bonds. The first-order valence-corrected chi connectivity index (χ1v) is 12.3. The number of rotatable bonds is 7. The minimum absolute atomic E-state index is 0.361. The lowest BCUT2D eigenvalue weighted by atomic mass is 10.0. The molecule has 3 heterocycles. The summed E-state index contributed by atoms with van der Waals surface area (Å²) >= 11 is 1.52. The van der Waals surface area contributed by atoms with E-state index in [1.807, 2.05) is 60.9 Å². The number of ether oxygens (including phenoxy) is 1. The van der Waals surface area contributed by atoms with Crippen molar-refractivity contribution in [1.29, 1.82) is 0 Å². The average molecular weight is 485 g/mol. The van der Waals surface area contributed by atoms with E-state index in [1.54, 1.807) is 18.5 Å². The lowest BCUT2D eigenvalue weighted by Crippen LogP contribution is -2.02. The van der Waals surface area contributed by atoms with Crippen LogP contribution in [0.3, 0.4) is 0 Å². The molecule has 0 aliphatic rings. The van der Waals surface area contributed by atoms with Gasteiger partial charge in [0, 0.05) is 40.8 Å². The second kappa shape index (κ2) is 9.76. The Hall–Kier alpha value is -3.91. The highest BCUT2D eigenvalue weighted by molar-refractivity contribution is 7.98. The van der Waals surface area contributed by atoms with Crippen molar-refractivity contribution < 1.29 is 9.15 Å². The molecule has 0 aliphatic carbocycles. The molecule has 0 spiro atoms. The smallest absolute Gasteiger partial charge is 0.336 e. The van der Waals surface area contributed by atoms with Gasteiger partial charge in [-0.25, -0.2) is 4.79 Å². The third kappa shape index (κ3) is 4.70. The van der Waals surface area contributed by atoms with Gasteiger partial charge in [-0.2, -0.15) is 0 Å². The zero-order valence-corrected chi connectivity index (χ0v) is 20.5. The van der Waals surface area contributed by atoms with Gasteiger partial charge >= 0.3 is 5.63 Å². The molecule has 0 bridgehead atoms. The van der Waals surface area contributed by atoms with Gasteiger partial charge in [-0.3, -0.25) is 9.55 Å². The molecule has 0 aliphatic heterocycles. The number of benzene rings is 2. The fourth-order valence-corrected chi connectivity index (χ4v) is 4.82. The topological polar surface area (TPSA) is 83.0 Å². The monoisotopic (exact) mass is 484 g/mol. The summed E-state index contributed by atoms with van der Waals surface area (Å²) in [5.74, 6) is 2.02. The van der Waals surface area contributed by atoms with Crippen LogP contribution >= 0.6 is 11.8 Å². The fourth-order valence-electron chi connectivity index (χ4n) is 3.88. The molecule has 176 valence electrons. The molecule has 7 nitrogen and oxygen atoms in total. The fraction of sp³-hybridized carbons (Fsp3) is 0.185. The van der Waals surface area contributed by atoms with Crippen LogP contribution in [-0.4, -0.2) is 26.4 Å².